The molecule has 1 aliphatic rings. The summed E-state index contributed by atoms with van der Waals surface area (Å²) in [6.07, 6.45) is 5.46. The fourth-order valence-electron chi connectivity index (χ4n) is 2.96. The van der Waals surface area contributed by atoms with Crippen LogP contribution < -0.4 is 0 Å². The van der Waals surface area contributed by atoms with Crippen LogP contribution in [0.25, 0.3) is 0 Å². The van der Waals surface area contributed by atoms with Gasteiger partial charge in [0.2, 0.25) is 0 Å². The molecule has 0 aliphatic heterocycles. The van der Waals surface area contributed by atoms with Crippen molar-refractivity contribution in [1.82, 2.24) is 4.90 Å². The zero-order valence-corrected chi connectivity index (χ0v) is 14.8. The van der Waals surface area contributed by atoms with Crippen molar-refractivity contribution in [3.63, 3.8) is 0 Å². The Bertz CT molecular complexity index is 390. The molecule has 0 heterocycles. The van der Waals surface area contributed by atoms with Crippen molar-refractivity contribution in [2.24, 2.45) is 11.8 Å². The molecule has 0 spiro atoms. The van der Waals surface area contributed by atoms with E-state index in [0.29, 0.717) is 0 Å². The first-order valence-corrected chi connectivity index (χ1v) is 8.68. The zero-order valence-electron chi connectivity index (χ0n) is 12.6. The molecule has 1 saturated carbocycles. The molecule has 2 rings (SSSR count). The second kappa shape index (κ2) is 8.35. The number of hydrogen-bond acceptors (Lipinski definition) is 2. The maximum Gasteiger partial charge on any atom is 0.0717 e. The highest BCUT2D eigenvalue weighted by molar-refractivity contribution is 14.1. The molecule has 20 heavy (non-hydrogen) atoms. The van der Waals surface area contributed by atoms with Gasteiger partial charge in [0.25, 0.3) is 0 Å². The second-order valence-electron chi connectivity index (χ2n) is 6.28. The van der Waals surface area contributed by atoms with Crippen molar-refractivity contribution in [1.29, 1.82) is 0 Å². The van der Waals surface area contributed by atoms with E-state index >= 15 is 0 Å². The topological polar surface area (TPSA) is 12.5 Å². The molecule has 0 N–H and O–H groups in total. The highest BCUT2D eigenvalue weighted by Gasteiger charge is 2.24. The number of rotatable bonds is 7. The average molecular weight is 387 g/mol. The molecule has 3 heteroatoms. The Hall–Kier alpha value is -0.130. The standard InChI is InChI=1S/C17H26INO/c1-19(2)10-9-14-3-4-16(11-14)13-20-12-15-5-7-17(18)8-6-15/h5-8,14,16H,3-4,9-13H2,1-2H3. The van der Waals surface area contributed by atoms with Crippen LogP contribution in [0.1, 0.15) is 31.2 Å². The molecule has 2 unspecified atom stereocenters. The molecule has 2 nitrogen and oxygen atoms in total. The summed E-state index contributed by atoms with van der Waals surface area (Å²) in [7, 11) is 4.33. The van der Waals surface area contributed by atoms with Crippen LogP contribution in [0.3, 0.4) is 0 Å². The van der Waals surface area contributed by atoms with Crippen molar-refractivity contribution in [3.8, 4) is 0 Å². The SMILES string of the molecule is CN(C)CCC1CCC(COCc2ccc(I)cc2)C1. The predicted octanol–water partition coefficient (Wildman–Crippen LogP) is 4.18. The lowest BCUT2D eigenvalue weighted by Gasteiger charge is -2.15. The van der Waals surface area contributed by atoms with Crippen LogP contribution in [0, 0.1) is 15.4 Å². The van der Waals surface area contributed by atoms with E-state index in [1.807, 2.05) is 0 Å². The van der Waals surface area contributed by atoms with Gasteiger partial charge < -0.3 is 9.64 Å². The van der Waals surface area contributed by atoms with Crippen molar-refractivity contribution in [3.05, 3.63) is 33.4 Å². The van der Waals surface area contributed by atoms with Gasteiger partial charge in [-0.05, 0) is 92.0 Å². The molecular weight excluding hydrogens is 361 g/mol. The normalized spacial score (nSPS) is 22.6. The lowest BCUT2D eigenvalue weighted by Crippen LogP contribution is -2.16. The largest absolute Gasteiger partial charge is 0.376 e. The summed E-state index contributed by atoms with van der Waals surface area (Å²) in [6, 6.07) is 8.62. The lowest BCUT2D eigenvalue weighted by atomic mass is 10.0. The van der Waals surface area contributed by atoms with Crippen molar-refractivity contribution in [2.75, 3.05) is 27.2 Å². The van der Waals surface area contributed by atoms with E-state index in [4.69, 9.17) is 4.74 Å². The molecule has 1 aromatic carbocycles. The van der Waals surface area contributed by atoms with Crippen molar-refractivity contribution >= 4 is 22.6 Å². The van der Waals surface area contributed by atoms with Crippen LogP contribution in [0.4, 0.5) is 0 Å². The van der Waals surface area contributed by atoms with E-state index in [9.17, 15) is 0 Å². The van der Waals surface area contributed by atoms with Gasteiger partial charge in [-0.1, -0.05) is 18.6 Å². The van der Waals surface area contributed by atoms with Crippen LogP contribution >= 0.6 is 22.6 Å². The van der Waals surface area contributed by atoms with E-state index in [-0.39, 0.29) is 0 Å². The Morgan fingerprint density at radius 3 is 2.55 bits per heavy atom. The fraction of sp³-hybridized carbons (Fsp3) is 0.647. The third-order valence-corrected chi connectivity index (χ3v) is 4.89. The van der Waals surface area contributed by atoms with Gasteiger partial charge in [-0.25, -0.2) is 0 Å². The number of ether oxygens (including phenoxy) is 1. The molecule has 2 atom stereocenters. The van der Waals surface area contributed by atoms with Gasteiger partial charge in [0.05, 0.1) is 6.61 Å². The molecule has 0 aromatic heterocycles. The molecule has 1 fully saturated rings. The van der Waals surface area contributed by atoms with Crippen LogP contribution in [0.5, 0.6) is 0 Å². The minimum absolute atomic E-state index is 0.760. The number of benzene rings is 1. The maximum atomic E-state index is 5.90. The highest BCUT2D eigenvalue weighted by atomic mass is 127. The Morgan fingerprint density at radius 1 is 1.15 bits per heavy atom. The summed E-state index contributed by atoms with van der Waals surface area (Å²) in [5.41, 5.74) is 1.28. The van der Waals surface area contributed by atoms with E-state index in [1.165, 1.54) is 41.4 Å². The van der Waals surface area contributed by atoms with Crippen LogP contribution in [0.15, 0.2) is 24.3 Å². The Kier molecular flexibility index (Phi) is 6.78. The van der Waals surface area contributed by atoms with Crippen LogP contribution in [0.2, 0.25) is 0 Å². The quantitative estimate of drug-likeness (QED) is 0.651. The summed E-state index contributed by atoms with van der Waals surface area (Å²) in [6.45, 7) is 2.92. The van der Waals surface area contributed by atoms with Gasteiger partial charge in [0, 0.05) is 10.2 Å². The highest BCUT2D eigenvalue weighted by Crippen LogP contribution is 2.33. The van der Waals surface area contributed by atoms with Crippen LogP contribution in [-0.4, -0.2) is 32.1 Å². The Labute approximate surface area is 137 Å². The van der Waals surface area contributed by atoms with E-state index in [2.05, 4.69) is 65.9 Å². The summed E-state index contributed by atoms with van der Waals surface area (Å²) >= 11 is 2.34. The van der Waals surface area contributed by atoms with Crippen molar-refractivity contribution in [2.45, 2.75) is 32.3 Å². The summed E-state index contributed by atoms with van der Waals surface area (Å²) in [5.74, 6) is 1.70. The molecule has 0 saturated heterocycles. The summed E-state index contributed by atoms with van der Waals surface area (Å²) in [5, 5.41) is 0. The maximum absolute atomic E-state index is 5.90. The first-order valence-electron chi connectivity index (χ1n) is 7.60. The molecule has 0 bridgehead atoms. The van der Waals surface area contributed by atoms with Gasteiger partial charge in [0.15, 0.2) is 0 Å². The minimum Gasteiger partial charge on any atom is -0.376 e. The lowest BCUT2D eigenvalue weighted by molar-refractivity contribution is 0.0873. The summed E-state index contributed by atoms with van der Waals surface area (Å²) in [4.78, 5) is 2.29. The molecule has 0 amide bonds. The molecule has 112 valence electrons. The zero-order chi connectivity index (χ0) is 14.4. The van der Waals surface area contributed by atoms with Gasteiger partial charge >= 0.3 is 0 Å². The van der Waals surface area contributed by atoms with Gasteiger partial charge in [0.1, 0.15) is 0 Å². The van der Waals surface area contributed by atoms with E-state index < -0.39 is 0 Å². The molecule has 0 radical (unpaired) electrons. The fourth-order valence-corrected chi connectivity index (χ4v) is 3.32. The second-order valence-corrected chi connectivity index (χ2v) is 7.52. The summed E-state index contributed by atoms with van der Waals surface area (Å²) < 4.78 is 7.19. The molecule has 1 aromatic rings. The first kappa shape index (κ1) is 16.2. The molecular formula is C17H26INO. The van der Waals surface area contributed by atoms with E-state index in [0.717, 1.165) is 25.0 Å². The predicted molar refractivity (Wildman–Crippen MR) is 92.8 cm³/mol. The minimum atomic E-state index is 0.760. The number of halogens is 1. The smallest absolute Gasteiger partial charge is 0.0717 e. The van der Waals surface area contributed by atoms with Gasteiger partial charge in [-0.3, -0.25) is 0 Å². The first-order chi connectivity index (χ1) is 9.63. The van der Waals surface area contributed by atoms with Crippen molar-refractivity contribution < 1.29 is 4.74 Å². The average Bonchev–Trinajstić information content (AvgIpc) is 2.87. The van der Waals surface area contributed by atoms with Crippen LogP contribution in [-0.2, 0) is 11.3 Å². The van der Waals surface area contributed by atoms with Gasteiger partial charge in [-0.2, -0.15) is 0 Å². The van der Waals surface area contributed by atoms with E-state index in [1.54, 1.807) is 0 Å². The van der Waals surface area contributed by atoms with Gasteiger partial charge in [-0.15, -0.1) is 0 Å². The number of nitrogens with zero attached hydrogens (tertiary/aromatic N) is 1. The monoisotopic (exact) mass is 387 g/mol. The Morgan fingerprint density at radius 2 is 1.85 bits per heavy atom. The Balaban J connectivity index is 1.62. The third-order valence-electron chi connectivity index (χ3n) is 4.17. The molecule has 1 aliphatic carbocycles. The number of hydrogen-bond donors (Lipinski definition) is 0. The third kappa shape index (κ3) is 5.70.